The maximum absolute atomic E-state index is 9.50. The molecule has 0 bridgehead atoms. The average molecular weight is 280 g/mol. The molecule has 2 aromatic rings. The highest BCUT2D eigenvalue weighted by Gasteiger charge is 2.29. The molecule has 1 atom stereocenters. The fraction of sp³-hybridized carbons (Fsp3) is 0.263. The lowest BCUT2D eigenvalue weighted by molar-refractivity contribution is 0.414. The Hall–Kier alpha value is -2.22. The zero-order valence-corrected chi connectivity index (χ0v) is 12.7. The highest BCUT2D eigenvalue weighted by Crippen LogP contribution is 2.49. The van der Waals surface area contributed by atoms with Crippen LogP contribution in [0.2, 0.25) is 0 Å². The zero-order chi connectivity index (χ0) is 15.0. The minimum atomic E-state index is 0.308. The molecule has 3 rings (SSSR count). The Kier molecular flexibility index (Phi) is 3.46. The van der Waals surface area contributed by atoms with Crippen molar-refractivity contribution in [3.05, 3.63) is 59.2 Å². The number of allylic oxidation sites excluding steroid dienone is 2. The van der Waals surface area contributed by atoms with Crippen molar-refractivity contribution >= 4 is 11.1 Å². The molecule has 21 heavy (non-hydrogen) atoms. The molecular formula is C19H20O2. The monoisotopic (exact) mass is 280 g/mol. The van der Waals surface area contributed by atoms with Crippen molar-refractivity contribution in [1.29, 1.82) is 0 Å². The van der Waals surface area contributed by atoms with E-state index >= 15 is 0 Å². The van der Waals surface area contributed by atoms with Gasteiger partial charge >= 0.3 is 0 Å². The molecule has 1 aliphatic carbocycles. The zero-order valence-electron chi connectivity index (χ0n) is 12.7. The average Bonchev–Trinajstić information content (AvgIpc) is 2.80. The molecule has 0 unspecified atom stereocenters. The SMILES string of the molecule is CC[C@H]1C(c2ccc(O)cc2)=C(C)c2cc(OC)ccc21. The standard InChI is InChI=1S/C19H20O2/c1-4-16-17-10-9-15(21-3)11-18(17)12(2)19(16)13-5-7-14(20)8-6-13/h5-11,16,20H,4H2,1-3H3/t16-/m1/s1. The highest BCUT2D eigenvalue weighted by atomic mass is 16.5. The van der Waals surface area contributed by atoms with Gasteiger partial charge in [0.1, 0.15) is 11.5 Å². The number of phenolic OH excluding ortho intramolecular Hbond substituents is 1. The van der Waals surface area contributed by atoms with Crippen LogP contribution in [0.5, 0.6) is 11.5 Å². The van der Waals surface area contributed by atoms with E-state index in [0.717, 1.165) is 12.2 Å². The van der Waals surface area contributed by atoms with Crippen LogP contribution in [-0.2, 0) is 0 Å². The number of ether oxygens (including phenoxy) is 1. The lowest BCUT2D eigenvalue weighted by Gasteiger charge is -2.15. The van der Waals surface area contributed by atoms with Gasteiger partial charge in [-0.1, -0.05) is 25.1 Å². The quantitative estimate of drug-likeness (QED) is 0.871. The summed E-state index contributed by atoms with van der Waals surface area (Å²) < 4.78 is 5.36. The van der Waals surface area contributed by atoms with Gasteiger partial charge in [0.25, 0.3) is 0 Å². The molecule has 0 aliphatic heterocycles. The molecule has 1 aliphatic rings. The van der Waals surface area contributed by atoms with Gasteiger partial charge in [0, 0.05) is 5.92 Å². The van der Waals surface area contributed by atoms with Crippen LogP contribution in [0, 0.1) is 0 Å². The summed E-state index contributed by atoms with van der Waals surface area (Å²) in [7, 11) is 1.70. The van der Waals surface area contributed by atoms with Crippen LogP contribution in [0.25, 0.3) is 11.1 Å². The minimum absolute atomic E-state index is 0.308. The second kappa shape index (κ2) is 5.28. The summed E-state index contributed by atoms with van der Waals surface area (Å²) in [6.07, 6.45) is 1.06. The van der Waals surface area contributed by atoms with Gasteiger partial charge in [-0.25, -0.2) is 0 Å². The summed E-state index contributed by atoms with van der Waals surface area (Å²) in [5.41, 5.74) is 6.51. The van der Waals surface area contributed by atoms with Crippen molar-refractivity contribution in [2.45, 2.75) is 26.2 Å². The van der Waals surface area contributed by atoms with E-state index in [-0.39, 0.29) is 0 Å². The van der Waals surface area contributed by atoms with Gasteiger partial charge in [-0.05, 0) is 65.4 Å². The first kappa shape index (κ1) is 13.7. The number of hydrogen-bond acceptors (Lipinski definition) is 2. The largest absolute Gasteiger partial charge is 0.508 e. The summed E-state index contributed by atoms with van der Waals surface area (Å²) in [5, 5.41) is 9.50. The number of phenols is 1. The molecule has 108 valence electrons. The Morgan fingerprint density at radius 3 is 2.43 bits per heavy atom. The summed E-state index contributed by atoms with van der Waals surface area (Å²) in [6.45, 7) is 4.40. The Morgan fingerprint density at radius 1 is 1.10 bits per heavy atom. The van der Waals surface area contributed by atoms with Crippen molar-refractivity contribution < 1.29 is 9.84 Å². The summed E-state index contributed by atoms with van der Waals surface area (Å²) >= 11 is 0. The molecule has 0 spiro atoms. The van der Waals surface area contributed by atoms with E-state index in [1.807, 2.05) is 18.2 Å². The molecule has 0 amide bonds. The summed E-state index contributed by atoms with van der Waals surface area (Å²) in [6, 6.07) is 13.9. The minimum Gasteiger partial charge on any atom is -0.508 e. The van der Waals surface area contributed by atoms with Crippen molar-refractivity contribution in [2.75, 3.05) is 7.11 Å². The second-order valence-corrected chi connectivity index (χ2v) is 5.50. The lowest BCUT2D eigenvalue weighted by Crippen LogP contribution is -1.97. The molecule has 0 heterocycles. The van der Waals surface area contributed by atoms with E-state index in [9.17, 15) is 5.11 Å². The number of rotatable bonds is 3. The summed E-state index contributed by atoms with van der Waals surface area (Å²) in [4.78, 5) is 0. The van der Waals surface area contributed by atoms with Crippen molar-refractivity contribution in [2.24, 2.45) is 0 Å². The molecular weight excluding hydrogens is 260 g/mol. The first-order valence-corrected chi connectivity index (χ1v) is 7.34. The van der Waals surface area contributed by atoms with Gasteiger partial charge in [-0.2, -0.15) is 0 Å². The highest BCUT2D eigenvalue weighted by molar-refractivity contribution is 5.98. The molecule has 2 heteroatoms. The topological polar surface area (TPSA) is 29.5 Å². The van der Waals surface area contributed by atoms with Gasteiger partial charge in [0.05, 0.1) is 7.11 Å². The van der Waals surface area contributed by atoms with Gasteiger partial charge in [0.2, 0.25) is 0 Å². The van der Waals surface area contributed by atoms with E-state index in [1.54, 1.807) is 19.2 Å². The van der Waals surface area contributed by atoms with E-state index in [0.29, 0.717) is 11.7 Å². The number of aromatic hydroxyl groups is 1. The molecule has 0 saturated carbocycles. The van der Waals surface area contributed by atoms with Crippen LogP contribution in [0.3, 0.4) is 0 Å². The number of hydrogen-bond donors (Lipinski definition) is 1. The summed E-state index contributed by atoms with van der Waals surface area (Å²) in [5.74, 6) is 1.62. The van der Waals surface area contributed by atoms with Crippen molar-refractivity contribution in [3.8, 4) is 11.5 Å². The van der Waals surface area contributed by atoms with E-state index < -0.39 is 0 Å². The number of methoxy groups -OCH3 is 1. The smallest absolute Gasteiger partial charge is 0.119 e. The molecule has 0 fully saturated rings. The Balaban J connectivity index is 2.15. The van der Waals surface area contributed by atoms with Crippen LogP contribution in [0.4, 0.5) is 0 Å². The fourth-order valence-electron chi connectivity index (χ4n) is 3.34. The first-order valence-electron chi connectivity index (χ1n) is 7.34. The third-order valence-electron chi connectivity index (χ3n) is 4.38. The maximum Gasteiger partial charge on any atom is 0.119 e. The Morgan fingerprint density at radius 2 is 1.81 bits per heavy atom. The van der Waals surface area contributed by atoms with Crippen LogP contribution in [0.15, 0.2) is 42.5 Å². The van der Waals surface area contributed by atoms with Crippen molar-refractivity contribution in [3.63, 3.8) is 0 Å². The van der Waals surface area contributed by atoms with Gasteiger partial charge in [-0.3, -0.25) is 0 Å². The third-order valence-corrected chi connectivity index (χ3v) is 4.38. The van der Waals surface area contributed by atoms with Gasteiger partial charge in [-0.15, -0.1) is 0 Å². The second-order valence-electron chi connectivity index (χ2n) is 5.50. The van der Waals surface area contributed by atoms with E-state index in [2.05, 4.69) is 26.0 Å². The first-order chi connectivity index (χ1) is 10.2. The molecule has 1 N–H and O–H groups in total. The molecule has 2 aromatic carbocycles. The number of benzene rings is 2. The van der Waals surface area contributed by atoms with Crippen molar-refractivity contribution in [1.82, 2.24) is 0 Å². The van der Waals surface area contributed by atoms with Crippen LogP contribution < -0.4 is 4.74 Å². The van der Waals surface area contributed by atoms with Gasteiger partial charge in [0.15, 0.2) is 0 Å². The predicted molar refractivity (Wildman–Crippen MR) is 86.6 cm³/mol. The lowest BCUT2D eigenvalue weighted by atomic mass is 9.89. The normalized spacial score (nSPS) is 17.0. The predicted octanol–water partition coefficient (Wildman–Crippen LogP) is 4.84. The maximum atomic E-state index is 9.50. The van der Waals surface area contributed by atoms with E-state index in [1.165, 1.54) is 27.8 Å². The number of fused-ring (bicyclic) bond motifs is 1. The Bertz CT molecular complexity index is 696. The fourth-order valence-corrected chi connectivity index (χ4v) is 3.34. The molecule has 2 nitrogen and oxygen atoms in total. The van der Waals surface area contributed by atoms with E-state index in [4.69, 9.17) is 4.74 Å². The van der Waals surface area contributed by atoms with Gasteiger partial charge < -0.3 is 9.84 Å². The third kappa shape index (κ3) is 2.21. The molecule has 0 aromatic heterocycles. The molecule has 0 saturated heterocycles. The Labute approximate surface area is 125 Å². The van der Waals surface area contributed by atoms with Crippen LogP contribution in [0.1, 0.15) is 42.9 Å². The molecule has 0 radical (unpaired) electrons. The van der Waals surface area contributed by atoms with Crippen LogP contribution >= 0.6 is 0 Å². The van der Waals surface area contributed by atoms with Crippen LogP contribution in [-0.4, -0.2) is 12.2 Å².